The fourth-order valence-corrected chi connectivity index (χ4v) is 3.84. The summed E-state index contributed by atoms with van der Waals surface area (Å²) < 4.78 is 20.8. The summed E-state index contributed by atoms with van der Waals surface area (Å²) in [6.07, 6.45) is 1.84. The van der Waals surface area contributed by atoms with Crippen molar-refractivity contribution in [2.24, 2.45) is 0 Å². The predicted molar refractivity (Wildman–Crippen MR) is 93.8 cm³/mol. The van der Waals surface area contributed by atoms with Gasteiger partial charge in [0.25, 0.3) is 0 Å². The van der Waals surface area contributed by atoms with E-state index in [1.54, 1.807) is 24.3 Å². The quantitative estimate of drug-likeness (QED) is 0.657. The molecule has 0 bridgehead atoms. The van der Waals surface area contributed by atoms with Gasteiger partial charge in [-0.2, -0.15) is 0 Å². The summed E-state index contributed by atoms with van der Waals surface area (Å²) in [6, 6.07) is 5.00. The molecule has 22 heavy (non-hydrogen) atoms. The van der Waals surface area contributed by atoms with E-state index < -0.39 is 14.1 Å². The van der Waals surface area contributed by atoms with Gasteiger partial charge in [0.15, 0.2) is 14.1 Å². The molecule has 0 spiro atoms. The number of hydrogen-bond acceptors (Lipinski definition) is 2. The highest BCUT2D eigenvalue weighted by molar-refractivity contribution is 9.10. The second kappa shape index (κ2) is 6.02. The molecule has 0 amide bonds. The molecule has 1 aromatic carbocycles. The highest BCUT2D eigenvalue weighted by atomic mass is 79.9. The number of carbonyl (C=O) groups is 1. The number of hydrogen-bond donors (Lipinski definition) is 0. The van der Waals surface area contributed by atoms with E-state index in [9.17, 15) is 9.18 Å². The third kappa shape index (κ3) is 3.41. The van der Waals surface area contributed by atoms with Crippen LogP contribution in [0.1, 0.15) is 32.8 Å². The van der Waals surface area contributed by atoms with Gasteiger partial charge in [0.05, 0.1) is 10.6 Å². The maximum Gasteiger partial charge on any atom is 0.192 e. The molecular weight excluding hydrogens is 363 g/mol. The lowest BCUT2D eigenvalue weighted by molar-refractivity contribution is -0.114. The maximum absolute atomic E-state index is 14.2. The van der Waals surface area contributed by atoms with E-state index in [0.717, 1.165) is 0 Å². The van der Waals surface area contributed by atoms with Gasteiger partial charge in [-0.25, -0.2) is 4.39 Å². The molecule has 1 unspecified atom stereocenters. The Bertz CT molecular complexity index is 632. The Morgan fingerprint density at radius 2 is 1.95 bits per heavy atom. The van der Waals surface area contributed by atoms with Gasteiger partial charge in [0, 0.05) is 17.6 Å². The number of allylic oxidation sites excluding steroid dienone is 1. The van der Waals surface area contributed by atoms with Gasteiger partial charge >= 0.3 is 0 Å². The van der Waals surface area contributed by atoms with Gasteiger partial charge in [-0.3, -0.25) is 4.79 Å². The smallest absolute Gasteiger partial charge is 0.192 e. The van der Waals surface area contributed by atoms with E-state index in [0.29, 0.717) is 22.0 Å². The Hall–Kier alpha value is -0.783. The highest BCUT2D eigenvalue weighted by Crippen LogP contribution is 2.39. The molecule has 0 aliphatic heterocycles. The highest BCUT2D eigenvalue weighted by Gasteiger charge is 2.40. The van der Waals surface area contributed by atoms with Crippen molar-refractivity contribution in [3.63, 3.8) is 0 Å². The molecule has 1 aromatic rings. The molecule has 0 saturated heterocycles. The standard InChI is InChI=1S/C17H22BrFO2Si/c1-17(2,3)22(4,5)21-11-9-13(15(20)10-11)12-7-6-8-14(18)16(12)19/h6-9,11H,10H2,1-5H3. The van der Waals surface area contributed by atoms with Crippen LogP contribution in [0.4, 0.5) is 4.39 Å². The Labute approximate surface area is 141 Å². The third-order valence-corrected chi connectivity index (χ3v) is 9.65. The van der Waals surface area contributed by atoms with Crippen LogP contribution in [-0.2, 0) is 9.22 Å². The summed E-state index contributed by atoms with van der Waals surface area (Å²) in [5.41, 5.74) is 0.781. The van der Waals surface area contributed by atoms with Crippen molar-refractivity contribution >= 4 is 35.6 Å². The summed E-state index contributed by atoms with van der Waals surface area (Å²) in [5.74, 6) is -0.448. The Morgan fingerprint density at radius 1 is 1.32 bits per heavy atom. The number of Topliss-reactive ketones (excluding diaryl/α,β-unsaturated/α-hetero) is 1. The van der Waals surface area contributed by atoms with Crippen LogP contribution in [0.3, 0.4) is 0 Å². The second-order valence-corrected chi connectivity index (χ2v) is 12.8. The van der Waals surface area contributed by atoms with Crippen LogP contribution >= 0.6 is 15.9 Å². The molecule has 0 aromatic heterocycles. The largest absolute Gasteiger partial charge is 0.410 e. The molecule has 120 valence electrons. The molecule has 0 heterocycles. The first-order valence-corrected chi connectivity index (χ1v) is 11.1. The van der Waals surface area contributed by atoms with Crippen LogP contribution in [0.25, 0.3) is 5.57 Å². The lowest BCUT2D eigenvalue weighted by atomic mass is 10.0. The average molecular weight is 385 g/mol. The van der Waals surface area contributed by atoms with Gasteiger partial charge in [-0.1, -0.05) is 32.9 Å². The van der Waals surface area contributed by atoms with Gasteiger partial charge < -0.3 is 4.43 Å². The van der Waals surface area contributed by atoms with Crippen molar-refractivity contribution in [1.82, 2.24) is 0 Å². The molecule has 5 heteroatoms. The number of rotatable bonds is 3. The minimum absolute atomic E-state index is 0.0549. The fourth-order valence-electron chi connectivity index (χ4n) is 2.21. The van der Waals surface area contributed by atoms with Crippen LogP contribution in [0, 0.1) is 5.82 Å². The number of benzene rings is 1. The first-order chi connectivity index (χ1) is 10.0. The normalized spacial score (nSPS) is 19.5. The van der Waals surface area contributed by atoms with E-state index in [-0.39, 0.29) is 16.9 Å². The van der Waals surface area contributed by atoms with Crippen LogP contribution in [0.15, 0.2) is 28.7 Å². The van der Waals surface area contributed by atoms with Gasteiger partial charge in [-0.15, -0.1) is 0 Å². The molecule has 2 nitrogen and oxygen atoms in total. The summed E-state index contributed by atoms with van der Waals surface area (Å²) in [6.45, 7) is 10.8. The first kappa shape index (κ1) is 17.6. The maximum atomic E-state index is 14.2. The second-order valence-electron chi connectivity index (χ2n) is 7.23. The monoisotopic (exact) mass is 384 g/mol. The average Bonchev–Trinajstić information content (AvgIpc) is 2.71. The first-order valence-electron chi connectivity index (χ1n) is 7.40. The van der Waals surface area contributed by atoms with E-state index >= 15 is 0 Å². The summed E-state index contributed by atoms with van der Waals surface area (Å²) in [4.78, 5) is 12.3. The van der Waals surface area contributed by atoms with E-state index in [4.69, 9.17) is 4.43 Å². The zero-order chi connectivity index (χ0) is 16.7. The van der Waals surface area contributed by atoms with Crippen molar-refractivity contribution < 1.29 is 13.6 Å². The molecular formula is C17H22BrFO2Si. The predicted octanol–water partition coefficient (Wildman–Crippen LogP) is 5.33. The molecule has 1 atom stereocenters. The molecule has 1 aliphatic rings. The number of ketones is 1. The molecule has 0 saturated carbocycles. The minimum Gasteiger partial charge on any atom is -0.410 e. The summed E-state index contributed by atoms with van der Waals surface area (Å²) in [5, 5.41) is 0.0770. The molecule has 0 N–H and O–H groups in total. The van der Waals surface area contributed by atoms with E-state index in [2.05, 4.69) is 49.8 Å². The van der Waals surface area contributed by atoms with E-state index in [1.165, 1.54) is 0 Å². The van der Waals surface area contributed by atoms with Crippen LogP contribution in [-0.4, -0.2) is 20.2 Å². The van der Waals surface area contributed by atoms with E-state index in [1.807, 2.05) is 0 Å². The molecule has 2 rings (SSSR count). The van der Waals surface area contributed by atoms with Crippen molar-refractivity contribution in [2.75, 3.05) is 0 Å². The Balaban J connectivity index is 2.29. The van der Waals surface area contributed by atoms with Crippen molar-refractivity contribution in [1.29, 1.82) is 0 Å². The van der Waals surface area contributed by atoms with Crippen molar-refractivity contribution in [3.05, 3.63) is 40.1 Å². The van der Waals surface area contributed by atoms with Crippen LogP contribution in [0.5, 0.6) is 0 Å². The molecule has 1 aliphatic carbocycles. The third-order valence-electron chi connectivity index (χ3n) is 4.53. The summed E-state index contributed by atoms with van der Waals surface area (Å²) in [7, 11) is -1.95. The van der Waals surface area contributed by atoms with Crippen LogP contribution < -0.4 is 0 Å². The lowest BCUT2D eigenvalue weighted by Gasteiger charge is -2.37. The SMILES string of the molecule is CC(C)(C)[Si](C)(C)OC1C=C(c2cccc(Br)c2F)C(=O)C1. The van der Waals surface area contributed by atoms with Gasteiger partial charge in [0.2, 0.25) is 0 Å². The van der Waals surface area contributed by atoms with Crippen LogP contribution in [0.2, 0.25) is 18.1 Å². The fraction of sp³-hybridized carbons (Fsp3) is 0.471. The van der Waals surface area contributed by atoms with Crippen molar-refractivity contribution in [2.45, 2.75) is 51.4 Å². The molecule has 0 radical (unpaired) electrons. The van der Waals surface area contributed by atoms with Crippen molar-refractivity contribution in [3.8, 4) is 0 Å². The zero-order valence-corrected chi connectivity index (χ0v) is 16.3. The minimum atomic E-state index is -1.95. The Kier molecular flexibility index (Phi) is 4.81. The Morgan fingerprint density at radius 3 is 2.55 bits per heavy atom. The van der Waals surface area contributed by atoms with Gasteiger partial charge in [-0.05, 0) is 46.2 Å². The molecule has 0 fully saturated rings. The number of halogens is 2. The zero-order valence-electron chi connectivity index (χ0n) is 13.7. The summed E-state index contributed by atoms with van der Waals surface area (Å²) >= 11 is 3.17. The topological polar surface area (TPSA) is 26.3 Å². The number of carbonyl (C=O) groups excluding carboxylic acids is 1. The lowest BCUT2D eigenvalue weighted by Crippen LogP contribution is -2.43. The van der Waals surface area contributed by atoms with Gasteiger partial charge in [0.1, 0.15) is 5.82 Å².